The molecular weight excluding hydrogens is 304 g/mol. The fraction of sp³-hybridized carbons (Fsp3) is 0.389. The Labute approximate surface area is 142 Å². The second-order valence-corrected chi connectivity index (χ2v) is 5.66. The van der Waals surface area contributed by atoms with E-state index in [1.165, 1.54) is 18.7 Å². The van der Waals surface area contributed by atoms with Crippen molar-refractivity contribution in [1.82, 2.24) is 9.80 Å². The summed E-state index contributed by atoms with van der Waals surface area (Å²) in [4.78, 5) is 27.0. The van der Waals surface area contributed by atoms with E-state index in [1.54, 1.807) is 9.80 Å². The van der Waals surface area contributed by atoms with Crippen molar-refractivity contribution in [1.29, 1.82) is 5.26 Å². The van der Waals surface area contributed by atoms with Crippen LogP contribution >= 0.6 is 0 Å². The van der Waals surface area contributed by atoms with Gasteiger partial charge < -0.3 is 15.1 Å². The van der Waals surface area contributed by atoms with Gasteiger partial charge in [-0.05, 0) is 24.1 Å². The number of nitriles is 1. The fourth-order valence-electron chi connectivity index (χ4n) is 2.53. The highest BCUT2D eigenvalue weighted by Crippen LogP contribution is 2.12. The van der Waals surface area contributed by atoms with Crippen molar-refractivity contribution in [3.05, 3.63) is 41.6 Å². The number of piperazine rings is 1. The molecule has 0 aromatic heterocycles. The molecule has 1 aromatic rings. The lowest BCUT2D eigenvalue weighted by molar-refractivity contribution is -0.136. The molecule has 2 rings (SSSR count). The summed E-state index contributed by atoms with van der Waals surface area (Å²) in [5.74, 6) is -0.297. The summed E-state index contributed by atoms with van der Waals surface area (Å²) in [7, 11) is 0. The third kappa shape index (κ3) is 4.35. The Hall–Kier alpha value is -2.81. The van der Waals surface area contributed by atoms with Crippen LogP contribution in [0.25, 0.3) is 0 Å². The summed E-state index contributed by atoms with van der Waals surface area (Å²) in [6.45, 7) is 5.51. The average molecular weight is 326 g/mol. The van der Waals surface area contributed by atoms with E-state index in [-0.39, 0.29) is 17.4 Å². The van der Waals surface area contributed by atoms with Gasteiger partial charge in [0.15, 0.2) is 0 Å². The number of amides is 2. The molecule has 0 unspecified atom stereocenters. The lowest BCUT2D eigenvalue weighted by Crippen LogP contribution is -2.50. The van der Waals surface area contributed by atoms with Crippen molar-refractivity contribution >= 4 is 17.5 Å². The normalized spacial score (nSPS) is 15.0. The molecule has 1 aromatic carbocycles. The summed E-state index contributed by atoms with van der Waals surface area (Å²) in [6, 6.07) is 9.80. The molecule has 0 spiro atoms. The van der Waals surface area contributed by atoms with Gasteiger partial charge in [0.25, 0.3) is 5.91 Å². The van der Waals surface area contributed by atoms with E-state index in [0.717, 1.165) is 12.1 Å². The van der Waals surface area contributed by atoms with Gasteiger partial charge in [0.2, 0.25) is 5.91 Å². The quantitative estimate of drug-likeness (QED) is 0.676. The molecule has 1 heterocycles. The minimum Gasteiger partial charge on any atom is -0.360 e. The Bertz CT molecular complexity index is 665. The number of carbonyl (C=O) groups excluding carboxylic acids is 2. The third-order valence-electron chi connectivity index (χ3n) is 4.11. The molecule has 1 saturated heterocycles. The van der Waals surface area contributed by atoms with Crippen LogP contribution in [-0.4, -0.2) is 47.8 Å². The van der Waals surface area contributed by atoms with Gasteiger partial charge in [0.1, 0.15) is 11.6 Å². The van der Waals surface area contributed by atoms with Crippen LogP contribution in [0.1, 0.15) is 19.4 Å². The predicted octanol–water partition coefficient (Wildman–Crippen LogP) is 1.76. The highest BCUT2D eigenvalue weighted by molar-refractivity contribution is 5.97. The van der Waals surface area contributed by atoms with E-state index in [4.69, 9.17) is 0 Å². The number of hydrogen-bond acceptors (Lipinski definition) is 4. The van der Waals surface area contributed by atoms with Gasteiger partial charge in [-0.3, -0.25) is 9.59 Å². The first-order chi connectivity index (χ1) is 11.5. The summed E-state index contributed by atoms with van der Waals surface area (Å²) in [5.41, 5.74) is 2.12. The van der Waals surface area contributed by atoms with Gasteiger partial charge in [0, 0.05) is 45.0 Å². The van der Waals surface area contributed by atoms with Crippen molar-refractivity contribution in [2.45, 2.75) is 20.3 Å². The first kappa shape index (κ1) is 17.5. The molecular formula is C18H22N4O2. The Morgan fingerprint density at radius 1 is 1.17 bits per heavy atom. The van der Waals surface area contributed by atoms with Crippen LogP contribution in [-0.2, 0) is 16.0 Å². The van der Waals surface area contributed by atoms with E-state index >= 15 is 0 Å². The molecule has 1 fully saturated rings. The van der Waals surface area contributed by atoms with Crippen LogP contribution in [0, 0.1) is 11.3 Å². The van der Waals surface area contributed by atoms with Crippen molar-refractivity contribution < 1.29 is 9.59 Å². The minimum atomic E-state index is -0.307. The van der Waals surface area contributed by atoms with Crippen molar-refractivity contribution in [2.75, 3.05) is 31.5 Å². The number of nitrogens with one attached hydrogen (secondary N) is 1. The van der Waals surface area contributed by atoms with Gasteiger partial charge in [-0.2, -0.15) is 5.26 Å². The Balaban J connectivity index is 1.98. The molecule has 1 N–H and O–H groups in total. The van der Waals surface area contributed by atoms with Crippen molar-refractivity contribution in [3.63, 3.8) is 0 Å². The van der Waals surface area contributed by atoms with Crippen LogP contribution in [0.2, 0.25) is 0 Å². The van der Waals surface area contributed by atoms with Crippen LogP contribution in [0.5, 0.6) is 0 Å². The highest BCUT2D eigenvalue weighted by Gasteiger charge is 2.24. The largest absolute Gasteiger partial charge is 0.360 e. The lowest BCUT2D eigenvalue weighted by Gasteiger charge is -2.34. The predicted molar refractivity (Wildman–Crippen MR) is 92.0 cm³/mol. The maximum Gasteiger partial charge on any atom is 0.266 e. The number of nitrogens with zero attached hydrogens (tertiary/aromatic N) is 3. The standard InChI is InChI=1S/C18H22N4O2/c1-3-15-4-6-17(7-5-15)20-13-16(12-19)18(24)22-10-8-21(9-11-22)14(2)23/h4-7,13,20H,3,8-11H2,1-2H3/b16-13-. The molecule has 0 saturated carbocycles. The monoisotopic (exact) mass is 326 g/mol. The van der Waals surface area contributed by atoms with E-state index in [0.29, 0.717) is 26.2 Å². The molecule has 1 aliphatic rings. The number of anilines is 1. The Morgan fingerprint density at radius 3 is 2.25 bits per heavy atom. The smallest absolute Gasteiger partial charge is 0.266 e. The zero-order chi connectivity index (χ0) is 17.5. The molecule has 1 aliphatic heterocycles. The van der Waals surface area contributed by atoms with Crippen LogP contribution in [0.4, 0.5) is 5.69 Å². The fourth-order valence-corrected chi connectivity index (χ4v) is 2.53. The van der Waals surface area contributed by atoms with Gasteiger partial charge >= 0.3 is 0 Å². The maximum absolute atomic E-state index is 12.4. The third-order valence-corrected chi connectivity index (χ3v) is 4.11. The van der Waals surface area contributed by atoms with E-state index in [1.807, 2.05) is 30.3 Å². The highest BCUT2D eigenvalue weighted by atomic mass is 16.2. The number of rotatable bonds is 4. The number of carbonyl (C=O) groups is 2. The Morgan fingerprint density at radius 2 is 1.75 bits per heavy atom. The molecule has 6 nitrogen and oxygen atoms in total. The first-order valence-corrected chi connectivity index (χ1v) is 8.05. The molecule has 6 heteroatoms. The van der Waals surface area contributed by atoms with Gasteiger partial charge in [-0.15, -0.1) is 0 Å². The molecule has 126 valence electrons. The van der Waals surface area contributed by atoms with Crippen LogP contribution in [0.15, 0.2) is 36.0 Å². The number of hydrogen-bond donors (Lipinski definition) is 1. The zero-order valence-electron chi connectivity index (χ0n) is 14.1. The summed E-state index contributed by atoms with van der Waals surface area (Å²) < 4.78 is 0. The lowest BCUT2D eigenvalue weighted by atomic mass is 10.1. The van der Waals surface area contributed by atoms with Gasteiger partial charge in [-0.1, -0.05) is 19.1 Å². The second kappa shape index (κ2) is 8.16. The second-order valence-electron chi connectivity index (χ2n) is 5.66. The van der Waals surface area contributed by atoms with E-state index < -0.39 is 0 Å². The molecule has 2 amide bonds. The average Bonchev–Trinajstić information content (AvgIpc) is 2.62. The summed E-state index contributed by atoms with van der Waals surface area (Å²) in [5, 5.41) is 12.3. The Kier molecular flexibility index (Phi) is 5.96. The van der Waals surface area contributed by atoms with Gasteiger partial charge in [-0.25, -0.2) is 0 Å². The summed E-state index contributed by atoms with van der Waals surface area (Å²) >= 11 is 0. The number of benzene rings is 1. The summed E-state index contributed by atoms with van der Waals surface area (Å²) in [6.07, 6.45) is 2.41. The van der Waals surface area contributed by atoms with E-state index in [9.17, 15) is 14.9 Å². The molecule has 0 radical (unpaired) electrons. The molecule has 24 heavy (non-hydrogen) atoms. The van der Waals surface area contributed by atoms with E-state index in [2.05, 4.69) is 12.2 Å². The SMILES string of the molecule is CCc1ccc(N/C=C(/C#N)C(=O)N2CCN(C(C)=O)CC2)cc1. The molecule has 0 aliphatic carbocycles. The number of aryl methyl sites for hydroxylation is 1. The zero-order valence-corrected chi connectivity index (χ0v) is 14.1. The first-order valence-electron chi connectivity index (χ1n) is 8.05. The van der Waals surface area contributed by atoms with Crippen LogP contribution in [0.3, 0.4) is 0 Å². The van der Waals surface area contributed by atoms with Crippen LogP contribution < -0.4 is 5.32 Å². The molecule has 0 atom stereocenters. The maximum atomic E-state index is 12.4. The molecule has 0 bridgehead atoms. The van der Waals surface area contributed by atoms with Gasteiger partial charge in [0.05, 0.1) is 0 Å². The van der Waals surface area contributed by atoms with Crippen molar-refractivity contribution in [2.24, 2.45) is 0 Å². The topological polar surface area (TPSA) is 76.4 Å². The minimum absolute atomic E-state index is 0.00957. The van der Waals surface area contributed by atoms with Crippen molar-refractivity contribution in [3.8, 4) is 6.07 Å².